The van der Waals surface area contributed by atoms with E-state index in [9.17, 15) is 9.59 Å². The lowest BCUT2D eigenvalue weighted by molar-refractivity contribution is -0.113. The molecule has 0 aliphatic rings. The van der Waals surface area contributed by atoms with Crippen LogP contribution in [-0.2, 0) is 23.0 Å². The van der Waals surface area contributed by atoms with Gasteiger partial charge in [-0.1, -0.05) is 41.9 Å². The molecule has 0 radical (unpaired) electrons. The summed E-state index contributed by atoms with van der Waals surface area (Å²) >= 11 is 14.7. The van der Waals surface area contributed by atoms with Crippen molar-refractivity contribution in [2.45, 2.75) is 25.4 Å². The van der Waals surface area contributed by atoms with Crippen LogP contribution in [0.25, 0.3) is 11.4 Å². The maximum Gasteiger partial charge on any atom is 0.341 e. The number of carbonyl (C=O) groups excluding carboxylic acids is 2. The molecular formula is C20H20Cl2N4O3S2. The number of nitrogens with zero attached hydrogens (tertiary/aromatic N) is 3. The Bertz CT molecular complexity index is 1110. The van der Waals surface area contributed by atoms with Crippen molar-refractivity contribution in [3.05, 3.63) is 44.8 Å². The number of rotatable bonds is 8. The molecule has 0 aliphatic heterocycles. The smallest absolute Gasteiger partial charge is 0.341 e. The summed E-state index contributed by atoms with van der Waals surface area (Å²) in [6, 6.07) is 6.98. The number of halogens is 2. The highest BCUT2D eigenvalue weighted by atomic mass is 35.5. The van der Waals surface area contributed by atoms with E-state index in [1.165, 1.54) is 23.1 Å². The molecule has 31 heavy (non-hydrogen) atoms. The normalized spacial score (nSPS) is 10.9. The van der Waals surface area contributed by atoms with Crippen LogP contribution in [-0.4, -0.2) is 39.0 Å². The third kappa shape index (κ3) is 5.60. The Hall–Kier alpha value is -2.07. The fourth-order valence-electron chi connectivity index (χ4n) is 2.69. The zero-order valence-electron chi connectivity index (χ0n) is 17.1. The van der Waals surface area contributed by atoms with Gasteiger partial charge in [0.15, 0.2) is 11.0 Å². The molecule has 1 N–H and O–H groups in total. The van der Waals surface area contributed by atoms with Gasteiger partial charge in [-0.25, -0.2) is 4.79 Å². The number of hydrogen-bond donors (Lipinski definition) is 1. The molecule has 7 nitrogen and oxygen atoms in total. The highest BCUT2D eigenvalue weighted by molar-refractivity contribution is 7.99. The van der Waals surface area contributed by atoms with Gasteiger partial charge >= 0.3 is 5.97 Å². The van der Waals surface area contributed by atoms with Gasteiger partial charge in [-0.2, -0.15) is 0 Å². The van der Waals surface area contributed by atoms with E-state index in [1.54, 1.807) is 35.8 Å². The van der Waals surface area contributed by atoms with Crippen molar-refractivity contribution >= 4 is 63.2 Å². The van der Waals surface area contributed by atoms with Crippen molar-refractivity contribution in [2.75, 3.05) is 17.7 Å². The van der Waals surface area contributed by atoms with Crippen LogP contribution in [0.5, 0.6) is 0 Å². The zero-order valence-corrected chi connectivity index (χ0v) is 20.2. The number of aromatic nitrogens is 3. The van der Waals surface area contributed by atoms with Gasteiger partial charge in [0.1, 0.15) is 5.00 Å². The molecule has 3 rings (SSSR count). The lowest BCUT2D eigenvalue weighted by Gasteiger charge is -2.07. The highest BCUT2D eigenvalue weighted by Gasteiger charge is 2.19. The van der Waals surface area contributed by atoms with Crippen molar-refractivity contribution in [1.29, 1.82) is 0 Å². The van der Waals surface area contributed by atoms with E-state index in [2.05, 4.69) is 15.5 Å². The predicted molar refractivity (Wildman–Crippen MR) is 125 cm³/mol. The molecule has 0 unspecified atom stereocenters. The Kier molecular flexibility index (Phi) is 7.99. The van der Waals surface area contributed by atoms with Crippen molar-refractivity contribution < 1.29 is 14.3 Å². The second-order valence-corrected chi connectivity index (χ2v) is 9.25. The highest BCUT2D eigenvalue weighted by Crippen LogP contribution is 2.31. The van der Waals surface area contributed by atoms with Gasteiger partial charge in [-0.05, 0) is 37.6 Å². The Morgan fingerprint density at radius 3 is 2.65 bits per heavy atom. The lowest BCUT2D eigenvalue weighted by atomic mass is 10.2. The number of anilines is 1. The van der Waals surface area contributed by atoms with Gasteiger partial charge in [-0.3, -0.25) is 4.79 Å². The van der Waals surface area contributed by atoms with E-state index in [1.807, 2.05) is 14.0 Å². The maximum atomic E-state index is 12.5. The monoisotopic (exact) mass is 498 g/mol. The summed E-state index contributed by atoms with van der Waals surface area (Å²) in [5.41, 5.74) is 1.15. The fraction of sp³-hybridized carbons (Fsp3) is 0.300. The number of thiophene rings is 1. The van der Waals surface area contributed by atoms with E-state index < -0.39 is 5.97 Å². The van der Waals surface area contributed by atoms with Crippen LogP contribution in [0.1, 0.15) is 29.1 Å². The topological polar surface area (TPSA) is 86.1 Å². The molecule has 0 aliphatic carbocycles. The first-order chi connectivity index (χ1) is 14.8. The van der Waals surface area contributed by atoms with Crippen molar-refractivity contribution in [1.82, 2.24) is 14.8 Å². The number of nitrogens with one attached hydrogen (secondary N) is 1. The van der Waals surface area contributed by atoms with E-state index >= 15 is 0 Å². The van der Waals surface area contributed by atoms with Crippen LogP contribution < -0.4 is 5.32 Å². The Balaban J connectivity index is 1.68. The van der Waals surface area contributed by atoms with Gasteiger partial charge in [0.2, 0.25) is 5.91 Å². The third-order valence-corrected chi connectivity index (χ3v) is 7.18. The molecule has 2 aromatic heterocycles. The first kappa shape index (κ1) is 23.6. The minimum atomic E-state index is -0.444. The van der Waals surface area contributed by atoms with Crippen molar-refractivity contribution in [2.24, 2.45) is 7.05 Å². The first-order valence-electron chi connectivity index (χ1n) is 9.41. The van der Waals surface area contributed by atoms with Gasteiger partial charge in [-0.15, -0.1) is 21.5 Å². The average molecular weight is 499 g/mol. The van der Waals surface area contributed by atoms with Crippen molar-refractivity contribution in [3.8, 4) is 11.4 Å². The molecule has 1 amide bonds. The summed E-state index contributed by atoms with van der Waals surface area (Å²) in [5.74, 6) is 0.0200. The summed E-state index contributed by atoms with van der Waals surface area (Å²) in [5, 5.41) is 13.1. The van der Waals surface area contributed by atoms with Gasteiger partial charge < -0.3 is 14.6 Å². The minimum absolute atomic E-state index is 0.106. The molecule has 0 spiro atoms. The SMILES string of the molecule is CCOC(=O)c1cc(CC)sc1NC(=O)CSc1nnc(-c2ccc(Cl)c(Cl)c2)n1C. The first-order valence-corrected chi connectivity index (χ1v) is 12.0. The Morgan fingerprint density at radius 2 is 1.97 bits per heavy atom. The number of amides is 1. The number of benzene rings is 1. The van der Waals surface area contributed by atoms with Crippen LogP contribution in [0.4, 0.5) is 5.00 Å². The van der Waals surface area contributed by atoms with E-state index in [0.29, 0.717) is 31.6 Å². The zero-order chi connectivity index (χ0) is 22.5. The molecule has 0 fully saturated rings. The van der Waals surface area contributed by atoms with Crippen molar-refractivity contribution in [3.63, 3.8) is 0 Å². The fourth-order valence-corrected chi connectivity index (χ4v) is 4.70. The standard InChI is InChI=1S/C20H20Cl2N4O3S2/c1-4-12-9-13(19(28)29-5-2)18(31-12)23-16(27)10-30-20-25-24-17(26(20)3)11-6-7-14(21)15(22)8-11/h6-9H,4-5,10H2,1-3H3,(H,23,27). The number of aryl methyl sites for hydroxylation is 1. The van der Waals surface area contributed by atoms with Crippen LogP contribution in [0, 0.1) is 0 Å². The molecule has 164 valence electrons. The molecule has 0 saturated heterocycles. The molecule has 0 atom stereocenters. The summed E-state index contributed by atoms with van der Waals surface area (Å²) in [6.07, 6.45) is 0.762. The number of ether oxygens (including phenoxy) is 1. The number of carbonyl (C=O) groups is 2. The quantitative estimate of drug-likeness (QED) is 0.334. The second kappa shape index (κ2) is 10.5. The van der Waals surface area contributed by atoms with Crippen LogP contribution in [0.3, 0.4) is 0 Å². The van der Waals surface area contributed by atoms with Crippen LogP contribution in [0.2, 0.25) is 10.0 Å². The van der Waals surface area contributed by atoms with E-state index in [4.69, 9.17) is 27.9 Å². The molecule has 1 aromatic carbocycles. The molecular weight excluding hydrogens is 479 g/mol. The average Bonchev–Trinajstić information content (AvgIpc) is 3.32. The summed E-state index contributed by atoms with van der Waals surface area (Å²) < 4.78 is 6.87. The summed E-state index contributed by atoms with van der Waals surface area (Å²) in [7, 11) is 1.81. The minimum Gasteiger partial charge on any atom is -0.462 e. The Morgan fingerprint density at radius 1 is 1.19 bits per heavy atom. The van der Waals surface area contributed by atoms with Gasteiger partial charge in [0.25, 0.3) is 0 Å². The number of hydrogen-bond acceptors (Lipinski definition) is 7. The Labute approximate surface area is 198 Å². The molecule has 11 heteroatoms. The molecule has 0 bridgehead atoms. The van der Waals surface area contributed by atoms with Gasteiger partial charge in [0, 0.05) is 17.5 Å². The third-order valence-electron chi connectivity index (χ3n) is 4.22. The lowest BCUT2D eigenvalue weighted by Crippen LogP contribution is -2.16. The van der Waals surface area contributed by atoms with Crippen LogP contribution in [0.15, 0.2) is 29.4 Å². The number of esters is 1. The van der Waals surface area contributed by atoms with E-state index in [0.717, 1.165) is 16.9 Å². The number of thioether (sulfide) groups is 1. The van der Waals surface area contributed by atoms with Gasteiger partial charge in [0.05, 0.1) is 28.0 Å². The molecule has 0 saturated carbocycles. The van der Waals surface area contributed by atoms with Crippen LogP contribution >= 0.6 is 46.3 Å². The predicted octanol–water partition coefficient (Wildman–Crippen LogP) is 5.32. The molecule has 2 heterocycles. The summed E-state index contributed by atoms with van der Waals surface area (Å²) in [4.78, 5) is 25.7. The largest absolute Gasteiger partial charge is 0.462 e. The molecule has 3 aromatic rings. The second-order valence-electron chi connectivity index (χ2n) is 6.36. The van der Waals surface area contributed by atoms with E-state index in [-0.39, 0.29) is 18.3 Å². The maximum absolute atomic E-state index is 12.5. The summed E-state index contributed by atoms with van der Waals surface area (Å²) in [6.45, 7) is 4.00.